The van der Waals surface area contributed by atoms with Crippen molar-refractivity contribution in [2.24, 2.45) is 0 Å². The summed E-state index contributed by atoms with van der Waals surface area (Å²) in [5.74, 6) is 0. The maximum Gasteiger partial charge on any atom is 0.264 e. The Morgan fingerprint density at radius 2 is 2.29 bits per heavy atom. The molecular formula is C8H3F2IN2O. The number of nitriles is 1. The molecular weight excluding hydrogens is 305 g/mol. The molecule has 1 aromatic rings. The van der Waals surface area contributed by atoms with E-state index in [1.807, 2.05) is 0 Å². The minimum absolute atomic E-state index is 0.225. The number of carbonyl (C=O) groups is 1. The molecule has 6 heteroatoms. The molecule has 0 atom stereocenters. The van der Waals surface area contributed by atoms with Crippen LogP contribution < -0.4 is 0 Å². The van der Waals surface area contributed by atoms with Crippen LogP contribution in [0.1, 0.15) is 28.0 Å². The molecule has 0 unspecified atom stereocenters. The van der Waals surface area contributed by atoms with E-state index in [9.17, 15) is 13.6 Å². The van der Waals surface area contributed by atoms with Gasteiger partial charge in [0.1, 0.15) is 9.77 Å². The number of halogens is 3. The third-order valence-electron chi connectivity index (χ3n) is 1.52. The number of alkyl halides is 2. The molecule has 0 aliphatic rings. The van der Waals surface area contributed by atoms with Gasteiger partial charge in [-0.2, -0.15) is 5.26 Å². The van der Waals surface area contributed by atoms with Gasteiger partial charge in [0.15, 0.2) is 12.0 Å². The largest absolute Gasteiger partial charge is 0.298 e. The van der Waals surface area contributed by atoms with E-state index in [1.54, 1.807) is 28.7 Å². The molecule has 72 valence electrons. The fourth-order valence-electron chi connectivity index (χ4n) is 0.932. The first-order chi connectivity index (χ1) is 6.60. The molecule has 1 heterocycles. The zero-order chi connectivity index (χ0) is 10.7. The Morgan fingerprint density at radius 1 is 1.64 bits per heavy atom. The second kappa shape index (κ2) is 4.41. The number of rotatable bonds is 2. The lowest BCUT2D eigenvalue weighted by Crippen LogP contribution is -2.01. The monoisotopic (exact) mass is 308 g/mol. The number of aldehydes is 1. The molecule has 1 aromatic heterocycles. The van der Waals surface area contributed by atoms with Crippen molar-refractivity contribution in [2.75, 3.05) is 0 Å². The Hall–Kier alpha value is -1.10. The number of hydrogen-bond acceptors (Lipinski definition) is 3. The third kappa shape index (κ3) is 2.04. The van der Waals surface area contributed by atoms with E-state index in [1.165, 1.54) is 0 Å². The summed E-state index contributed by atoms with van der Waals surface area (Å²) < 4.78 is 25.1. The van der Waals surface area contributed by atoms with Crippen LogP contribution in [0.2, 0.25) is 0 Å². The van der Waals surface area contributed by atoms with E-state index in [2.05, 4.69) is 4.98 Å². The minimum Gasteiger partial charge on any atom is -0.298 e. The summed E-state index contributed by atoms with van der Waals surface area (Å²) in [6.07, 6.45) is -2.55. The van der Waals surface area contributed by atoms with Gasteiger partial charge in [-0.15, -0.1) is 0 Å². The van der Waals surface area contributed by atoms with E-state index in [4.69, 9.17) is 5.26 Å². The Bertz CT molecular complexity index is 415. The molecule has 0 fully saturated rings. The van der Waals surface area contributed by atoms with Crippen LogP contribution in [0.4, 0.5) is 8.78 Å². The lowest BCUT2D eigenvalue weighted by Gasteiger charge is -2.04. The summed E-state index contributed by atoms with van der Waals surface area (Å²) in [5.41, 5.74) is -1.04. The van der Waals surface area contributed by atoms with Crippen LogP contribution in [-0.2, 0) is 0 Å². The smallest absolute Gasteiger partial charge is 0.264 e. The van der Waals surface area contributed by atoms with Gasteiger partial charge < -0.3 is 0 Å². The lowest BCUT2D eigenvalue weighted by atomic mass is 10.1. The van der Waals surface area contributed by atoms with E-state index in [-0.39, 0.29) is 21.2 Å². The zero-order valence-corrected chi connectivity index (χ0v) is 8.83. The van der Waals surface area contributed by atoms with Crippen molar-refractivity contribution in [1.82, 2.24) is 4.98 Å². The summed E-state index contributed by atoms with van der Waals surface area (Å²) in [5, 5.41) is 8.56. The second-order valence-electron chi connectivity index (χ2n) is 2.33. The summed E-state index contributed by atoms with van der Waals surface area (Å²) in [4.78, 5) is 14.2. The SMILES string of the molecule is N#Cc1nc(I)cc(C(F)F)c1C=O. The molecule has 1 rings (SSSR count). The molecule has 0 aliphatic carbocycles. The van der Waals surface area contributed by atoms with Gasteiger partial charge in [-0.3, -0.25) is 4.79 Å². The molecule has 0 spiro atoms. The average Bonchev–Trinajstić information content (AvgIpc) is 2.16. The molecule has 0 N–H and O–H groups in total. The number of pyridine rings is 1. The lowest BCUT2D eigenvalue weighted by molar-refractivity contribution is 0.110. The van der Waals surface area contributed by atoms with Crippen LogP contribution in [0.5, 0.6) is 0 Å². The number of carbonyl (C=O) groups excluding carboxylic acids is 1. The van der Waals surface area contributed by atoms with Crippen LogP contribution in [0, 0.1) is 15.0 Å². The highest BCUT2D eigenvalue weighted by Crippen LogP contribution is 2.24. The molecule has 0 aromatic carbocycles. The topological polar surface area (TPSA) is 53.8 Å². The quantitative estimate of drug-likeness (QED) is 0.478. The summed E-state index contributed by atoms with van der Waals surface area (Å²) in [7, 11) is 0. The van der Waals surface area contributed by atoms with E-state index < -0.39 is 12.0 Å². The van der Waals surface area contributed by atoms with Gasteiger partial charge in [-0.05, 0) is 28.7 Å². The molecule has 0 radical (unpaired) electrons. The first kappa shape index (κ1) is 11.0. The highest BCUT2D eigenvalue weighted by Gasteiger charge is 2.18. The van der Waals surface area contributed by atoms with Gasteiger partial charge in [0.2, 0.25) is 0 Å². The van der Waals surface area contributed by atoms with Gasteiger partial charge in [0.25, 0.3) is 6.43 Å². The number of aromatic nitrogens is 1. The maximum absolute atomic E-state index is 12.4. The zero-order valence-electron chi connectivity index (χ0n) is 6.67. The van der Waals surface area contributed by atoms with Crippen molar-refractivity contribution >= 4 is 28.9 Å². The van der Waals surface area contributed by atoms with E-state index in [0.29, 0.717) is 0 Å². The highest BCUT2D eigenvalue weighted by atomic mass is 127. The van der Waals surface area contributed by atoms with Crippen molar-refractivity contribution in [2.45, 2.75) is 6.43 Å². The van der Waals surface area contributed by atoms with Gasteiger partial charge in [-0.25, -0.2) is 13.8 Å². The number of hydrogen-bond donors (Lipinski definition) is 0. The summed E-state index contributed by atoms with van der Waals surface area (Å²) >= 11 is 1.71. The van der Waals surface area contributed by atoms with E-state index >= 15 is 0 Å². The first-order valence-electron chi connectivity index (χ1n) is 3.44. The molecule has 14 heavy (non-hydrogen) atoms. The Balaban J connectivity index is 3.49. The number of nitrogens with zero attached hydrogens (tertiary/aromatic N) is 2. The summed E-state index contributed by atoms with van der Waals surface area (Å²) in [6, 6.07) is 2.70. The van der Waals surface area contributed by atoms with E-state index in [0.717, 1.165) is 6.07 Å². The molecule has 0 bridgehead atoms. The van der Waals surface area contributed by atoms with Crippen LogP contribution in [0.15, 0.2) is 6.07 Å². The third-order valence-corrected chi connectivity index (χ3v) is 2.07. The van der Waals surface area contributed by atoms with Crippen molar-refractivity contribution in [3.8, 4) is 6.07 Å². The minimum atomic E-state index is -2.78. The molecule has 3 nitrogen and oxygen atoms in total. The molecule has 0 saturated heterocycles. The Kier molecular flexibility index (Phi) is 3.46. The fraction of sp³-hybridized carbons (Fsp3) is 0.125. The molecule has 0 saturated carbocycles. The predicted molar refractivity (Wildman–Crippen MR) is 52.0 cm³/mol. The Morgan fingerprint density at radius 3 is 2.71 bits per heavy atom. The first-order valence-corrected chi connectivity index (χ1v) is 4.52. The molecule has 0 aliphatic heterocycles. The molecule has 0 amide bonds. The van der Waals surface area contributed by atoms with Gasteiger partial charge in [-0.1, -0.05) is 0 Å². The predicted octanol–water partition coefficient (Wildman–Crippen LogP) is 2.31. The van der Waals surface area contributed by atoms with Crippen LogP contribution in [0.3, 0.4) is 0 Å². The maximum atomic E-state index is 12.4. The highest BCUT2D eigenvalue weighted by molar-refractivity contribution is 14.1. The Labute approximate surface area is 91.9 Å². The second-order valence-corrected chi connectivity index (χ2v) is 3.43. The van der Waals surface area contributed by atoms with Crippen LogP contribution >= 0.6 is 22.6 Å². The van der Waals surface area contributed by atoms with Crippen LogP contribution in [0.25, 0.3) is 0 Å². The summed E-state index contributed by atoms with van der Waals surface area (Å²) in [6.45, 7) is 0. The van der Waals surface area contributed by atoms with Crippen molar-refractivity contribution in [1.29, 1.82) is 5.26 Å². The van der Waals surface area contributed by atoms with Crippen molar-refractivity contribution in [3.05, 3.63) is 26.6 Å². The van der Waals surface area contributed by atoms with Crippen molar-refractivity contribution in [3.63, 3.8) is 0 Å². The fourth-order valence-corrected chi connectivity index (χ4v) is 1.51. The standard InChI is InChI=1S/C8H3F2IN2O/c9-8(10)4-1-7(11)13-6(2-12)5(4)3-14/h1,3,8H. The van der Waals surface area contributed by atoms with Gasteiger partial charge >= 0.3 is 0 Å². The normalized spacial score (nSPS) is 9.93. The van der Waals surface area contributed by atoms with Crippen molar-refractivity contribution < 1.29 is 13.6 Å². The average molecular weight is 308 g/mol. The van der Waals surface area contributed by atoms with Gasteiger partial charge in [0.05, 0.1) is 5.56 Å². The van der Waals surface area contributed by atoms with Gasteiger partial charge in [0, 0.05) is 5.56 Å². The van der Waals surface area contributed by atoms with Crippen LogP contribution in [-0.4, -0.2) is 11.3 Å².